The van der Waals surface area contributed by atoms with Crippen molar-refractivity contribution in [3.8, 4) is 0 Å². The highest BCUT2D eigenvalue weighted by Gasteiger charge is 2.35. The molecule has 4 N–H and O–H groups in total. The number of anilines is 4. The number of para-hydroxylation sites is 1. The van der Waals surface area contributed by atoms with E-state index in [0.29, 0.717) is 17.6 Å². The monoisotopic (exact) mass is 458 g/mol. The van der Waals surface area contributed by atoms with Crippen molar-refractivity contribution in [3.63, 3.8) is 0 Å². The summed E-state index contributed by atoms with van der Waals surface area (Å²) in [6.07, 6.45) is -3.54. The number of carbonyl (C=O) groups is 1. The molecule has 31 heavy (non-hydrogen) atoms. The van der Waals surface area contributed by atoms with Crippen LogP contribution in [0.25, 0.3) is 0 Å². The Bertz CT molecular complexity index is 1080. The van der Waals surface area contributed by atoms with Gasteiger partial charge in [-0.3, -0.25) is 4.79 Å². The summed E-state index contributed by atoms with van der Waals surface area (Å²) in [6, 6.07) is 5.13. The second kappa shape index (κ2) is 9.06. The standard InChI is InChI=1S/C18H21F3N6O3S/c1-2-31(29,30)24-8-4-7-22-16-12(18(19,20)21)10-23-17(27-16)25-13-6-3-5-11-9-14(28)26-15(11)13/h3,5-6,10,24H,2,4,7-9H2,1H3,(H,26,28)(H2,22,23,25,27). The molecule has 0 spiro atoms. The number of sulfonamides is 1. The van der Waals surface area contributed by atoms with E-state index >= 15 is 0 Å². The van der Waals surface area contributed by atoms with Gasteiger partial charge >= 0.3 is 6.18 Å². The van der Waals surface area contributed by atoms with E-state index in [1.807, 2.05) is 0 Å². The van der Waals surface area contributed by atoms with E-state index in [4.69, 9.17) is 0 Å². The number of nitrogens with zero attached hydrogens (tertiary/aromatic N) is 2. The van der Waals surface area contributed by atoms with Crippen molar-refractivity contribution in [2.45, 2.75) is 25.9 Å². The van der Waals surface area contributed by atoms with E-state index in [-0.39, 0.29) is 43.5 Å². The van der Waals surface area contributed by atoms with Crippen LogP contribution in [0, 0.1) is 0 Å². The van der Waals surface area contributed by atoms with Gasteiger partial charge in [-0.1, -0.05) is 12.1 Å². The number of hydrogen-bond acceptors (Lipinski definition) is 7. The van der Waals surface area contributed by atoms with Crippen LogP contribution in [0.2, 0.25) is 0 Å². The van der Waals surface area contributed by atoms with E-state index in [1.165, 1.54) is 6.92 Å². The summed E-state index contributed by atoms with van der Waals surface area (Å²) >= 11 is 0. The molecule has 13 heteroatoms. The summed E-state index contributed by atoms with van der Waals surface area (Å²) in [5.41, 5.74) is 0.713. The fourth-order valence-electron chi connectivity index (χ4n) is 2.89. The van der Waals surface area contributed by atoms with E-state index in [9.17, 15) is 26.4 Å². The summed E-state index contributed by atoms with van der Waals surface area (Å²) in [4.78, 5) is 19.3. The highest BCUT2D eigenvalue weighted by atomic mass is 32.2. The minimum atomic E-state index is -4.67. The van der Waals surface area contributed by atoms with Crippen molar-refractivity contribution in [2.75, 3.05) is 34.8 Å². The van der Waals surface area contributed by atoms with Gasteiger partial charge in [0.1, 0.15) is 11.4 Å². The predicted octanol–water partition coefficient (Wildman–Crippen LogP) is 2.47. The zero-order chi connectivity index (χ0) is 22.6. The molecule has 0 bridgehead atoms. The molecule has 0 saturated carbocycles. The molecule has 0 fully saturated rings. The number of nitrogens with one attached hydrogen (secondary N) is 4. The molecule has 2 aromatic rings. The summed E-state index contributed by atoms with van der Waals surface area (Å²) < 4.78 is 65.1. The number of benzene rings is 1. The fraction of sp³-hybridized carbons (Fsp3) is 0.389. The molecule has 9 nitrogen and oxygen atoms in total. The number of hydrogen-bond donors (Lipinski definition) is 4. The van der Waals surface area contributed by atoms with Gasteiger partial charge in [0.15, 0.2) is 0 Å². The van der Waals surface area contributed by atoms with E-state index in [0.717, 1.165) is 5.56 Å². The third-order valence-electron chi connectivity index (χ3n) is 4.45. The van der Waals surface area contributed by atoms with Crippen molar-refractivity contribution in [1.82, 2.24) is 14.7 Å². The minimum Gasteiger partial charge on any atom is -0.369 e. The van der Waals surface area contributed by atoms with Gasteiger partial charge in [-0.15, -0.1) is 0 Å². The van der Waals surface area contributed by atoms with Crippen molar-refractivity contribution in [2.24, 2.45) is 0 Å². The Balaban J connectivity index is 1.74. The van der Waals surface area contributed by atoms with Gasteiger partial charge in [-0.25, -0.2) is 18.1 Å². The predicted molar refractivity (Wildman–Crippen MR) is 110 cm³/mol. The van der Waals surface area contributed by atoms with Crippen LogP contribution >= 0.6 is 0 Å². The molecule has 0 aliphatic carbocycles. The number of aromatic nitrogens is 2. The van der Waals surface area contributed by atoms with E-state index < -0.39 is 27.6 Å². The van der Waals surface area contributed by atoms with Gasteiger partial charge in [0.05, 0.1) is 23.5 Å². The molecule has 0 saturated heterocycles. The zero-order valence-electron chi connectivity index (χ0n) is 16.5. The molecule has 168 valence electrons. The Morgan fingerprint density at radius 1 is 1.23 bits per heavy atom. The quantitative estimate of drug-likeness (QED) is 0.426. The third kappa shape index (κ3) is 5.82. The maximum absolute atomic E-state index is 13.3. The molecule has 3 rings (SSSR count). The largest absolute Gasteiger partial charge is 0.421 e. The first-order valence-corrected chi connectivity index (χ1v) is 11.1. The van der Waals surface area contributed by atoms with Crippen molar-refractivity contribution in [1.29, 1.82) is 0 Å². The first-order chi connectivity index (χ1) is 14.6. The number of fused-ring (bicyclic) bond motifs is 1. The first-order valence-electron chi connectivity index (χ1n) is 9.43. The fourth-order valence-corrected chi connectivity index (χ4v) is 3.54. The van der Waals surface area contributed by atoms with Gasteiger partial charge < -0.3 is 16.0 Å². The molecule has 0 atom stereocenters. The normalized spacial score (nSPS) is 13.6. The lowest BCUT2D eigenvalue weighted by atomic mass is 10.1. The summed E-state index contributed by atoms with van der Waals surface area (Å²) in [5, 5.41) is 8.12. The van der Waals surface area contributed by atoms with Crippen LogP contribution in [0.3, 0.4) is 0 Å². The molecule has 0 unspecified atom stereocenters. The van der Waals surface area contributed by atoms with Crippen molar-refractivity contribution < 1.29 is 26.4 Å². The topological polar surface area (TPSA) is 125 Å². The molecular formula is C18H21F3N6O3S. The average Bonchev–Trinajstić information content (AvgIpc) is 3.08. The van der Waals surface area contributed by atoms with Crippen molar-refractivity contribution in [3.05, 3.63) is 35.5 Å². The SMILES string of the molecule is CCS(=O)(=O)NCCCNc1nc(Nc2cccc3c2NC(=O)C3)ncc1C(F)(F)F. The van der Waals surface area contributed by atoms with Crippen LogP contribution in [-0.2, 0) is 27.4 Å². The maximum atomic E-state index is 13.3. The zero-order valence-corrected chi connectivity index (χ0v) is 17.3. The lowest BCUT2D eigenvalue weighted by Gasteiger charge is -2.15. The van der Waals surface area contributed by atoms with Crippen LogP contribution in [0.1, 0.15) is 24.5 Å². The Labute approximate surface area is 176 Å². The Morgan fingerprint density at radius 3 is 2.71 bits per heavy atom. The van der Waals surface area contributed by atoms with Crippen LogP contribution in [0.4, 0.5) is 36.3 Å². The van der Waals surface area contributed by atoms with Gasteiger partial charge in [-0.2, -0.15) is 18.2 Å². The number of carbonyl (C=O) groups excluding carboxylic acids is 1. The highest BCUT2D eigenvalue weighted by Crippen LogP contribution is 2.35. The second-order valence-corrected chi connectivity index (χ2v) is 8.82. The number of amides is 1. The molecular weight excluding hydrogens is 437 g/mol. The number of halogens is 3. The molecule has 2 heterocycles. The molecule has 0 radical (unpaired) electrons. The number of rotatable bonds is 9. The molecule has 1 aliphatic heterocycles. The molecule has 1 aliphatic rings. The van der Waals surface area contributed by atoms with Gasteiger partial charge in [0, 0.05) is 19.3 Å². The molecule has 1 aromatic heterocycles. The lowest BCUT2D eigenvalue weighted by Crippen LogP contribution is -2.27. The summed E-state index contributed by atoms with van der Waals surface area (Å²) in [5.74, 6) is -0.779. The van der Waals surface area contributed by atoms with E-state index in [2.05, 4.69) is 30.6 Å². The van der Waals surface area contributed by atoms with Gasteiger partial charge in [0.2, 0.25) is 21.9 Å². The third-order valence-corrected chi connectivity index (χ3v) is 5.86. The summed E-state index contributed by atoms with van der Waals surface area (Å²) in [7, 11) is -3.37. The average molecular weight is 458 g/mol. The summed E-state index contributed by atoms with van der Waals surface area (Å²) in [6.45, 7) is 1.62. The van der Waals surface area contributed by atoms with Crippen molar-refractivity contribution >= 4 is 39.1 Å². The molecule has 1 aromatic carbocycles. The minimum absolute atomic E-state index is 0.0581. The smallest absolute Gasteiger partial charge is 0.369 e. The first kappa shape index (κ1) is 22.7. The maximum Gasteiger partial charge on any atom is 0.421 e. The van der Waals surface area contributed by atoms with Gasteiger partial charge in [0.25, 0.3) is 0 Å². The lowest BCUT2D eigenvalue weighted by molar-refractivity contribution is -0.137. The second-order valence-electron chi connectivity index (χ2n) is 6.72. The van der Waals surface area contributed by atoms with Crippen LogP contribution in [0.15, 0.2) is 24.4 Å². The van der Waals surface area contributed by atoms with Crippen LogP contribution < -0.4 is 20.7 Å². The molecule has 1 amide bonds. The Kier molecular flexibility index (Phi) is 6.65. The number of alkyl halides is 3. The Hall–Kier alpha value is -2.93. The van der Waals surface area contributed by atoms with E-state index in [1.54, 1.807) is 18.2 Å². The van der Waals surface area contributed by atoms with Crippen LogP contribution in [0.5, 0.6) is 0 Å². The highest BCUT2D eigenvalue weighted by molar-refractivity contribution is 7.89. The van der Waals surface area contributed by atoms with Gasteiger partial charge in [-0.05, 0) is 25.0 Å². The van der Waals surface area contributed by atoms with Crippen LogP contribution in [-0.4, -0.2) is 43.1 Å². The Morgan fingerprint density at radius 2 is 2.00 bits per heavy atom.